The molecule has 0 fully saturated rings. The van der Waals surface area contributed by atoms with Crippen LogP contribution in [0.15, 0.2) is 35.5 Å². The SMILES string of the molecule is CCC1CCc2sc(-c3nnc(SCC(=O)Nc4ccccc4OC)n3C)cc2C1. The molecular formula is C22H26N4O2S2. The van der Waals surface area contributed by atoms with E-state index >= 15 is 0 Å². The summed E-state index contributed by atoms with van der Waals surface area (Å²) in [6.07, 6.45) is 4.86. The van der Waals surface area contributed by atoms with Crippen molar-refractivity contribution in [1.29, 1.82) is 0 Å². The number of hydrogen-bond donors (Lipinski definition) is 1. The number of benzene rings is 1. The van der Waals surface area contributed by atoms with Crippen LogP contribution in [0.25, 0.3) is 10.7 Å². The molecule has 1 aliphatic rings. The summed E-state index contributed by atoms with van der Waals surface area (Å²) in [7, 11) is 3.55. The highest BCUT2D eigenvalue weighted by atomic mass is 32.2. The van der Waals surface area contributed by atoms with Crippen LogP contribution in [0, 0.1) is 5.92 Å². The third-order valence-electron chi connectivity index (χ3n) is 5.53. The van der Waals surface area contributed by atoms with Crippen LogP contribution in [0.5, 0.6) is 5.75 Å². The molecule has 1 atom stereocenters. The van der Waals surface area contributed by atoms with Gasteiger partial charge in [0.05, 0.1) is 23.4 Å². The molecule has 0 spiro atoms. The first-order valence-corrected chi connectivity index (χ1v) is 12.0. The van der Waals surface area contributed by atoms with Crippen molar-refractivity contribution >= 4 is 34.7 Å². The van der Waals surface area contributed by atoms with Crippen LogP contribution in [0.1, 0.15) is 30.2 Å². The summed E-state index contributed by atoms with van der Waals surface area (Å²) in [5.41, 5.74) is 2.14. The van der Waals surface area contributed by atoms with E-state index in [9.17, 15) is 4.79 Å². The molecule has 0 saturated carbocycles. The van der Waals surface area contributed by atoms with E-state index in [4.69, 9.17) is 4.74 Å². The largest absolute Gasteiger partial charge is 0.495 e. The van der Waals surface area contributed by atoms with Crippen LogP contribution in [0.4, 0.5) is 5.69 Å². The fourth-order valence-corrected chi connectivity index (χ4v) is 5.72. The number of aromatic nitrogens is 3. The van der Waals surface area contributed by atoms with Crippen molar-refractivity contribution < 1.29 is 9.53 Å². The first-order valence-electron chi connectivity index (χ1n) is 10.2. The monoisotopic (exact) mass is 442 g/mol. The number of ether oxygens (including phenoxy) is 1. The second kappa shape index (κ2) is 9.22. The van der Waals surface area contributed by atoms with Crippen LogP contribution < -0.4 is 10.1 Å². The van der Waals surface area contributed by atoms with Gasteiger partial charge in [0.2, 0.25) is 5.91 Å². The van der Waals surface area contributed by atoms with Crippen molar-refractivity contribution in [2.45, 2.75) is 37.8 Å². The maximum absolute atomic E-state index is 12.4. The molecule has 1 amide bonds. The number of thioether (sulfide) groups is 1. The zero-order chi connectivity index (χ0) is 21.1. The molecule has 2 aromatic heterocycles. The first-order chi connectivity index (χ1) is 14.6. The molecule has 6 nitrogen and oxygen atoms in total. The van der Waals surface area contributed by atoms with Gasteiger partial charge in [0.15, 0.2) is 11.0 Å². The van der Waals surface area contributed by atoms with Gasteiger partial charge < -0.3 is 14.6 Å². The molecule has 1 aliphatic carbocycles. The molecule has 158 valence electrons. The van der Waals surface area contributed by atoms with Crippen LogP contribution in [0.3, 0.4) is 0 Å². The van der Waals surface area contributed by atoms with Gasteiger partial charge >= 0.3 is 0 Å². The van der Waals surface area contributed by atoms with E-state index in [1.807, 2.05) is 47.2 Å². The Kier molecular flexibility index (Phi) is 6.43. The summed E-state index contributed by atoms with van der Waals surface area (Å²) in [5, 5.41) is 12.4. The standard InChI is InChI=1S/C22H26N4O2S2/c1-4-14-9-10-18-15(11-14)12-19(30-18)21-24-25-22(26(21)2)29-13-20(27)23-16-7-5-6-8-17(16)28-3/h5-8,12,14H,4,9-11,13H2,1-3H3,(H,23,27). The number of carbonyl (C=O) groups is 1. The van der Waals surface area contributed by atoms with Gasteiger partial charge in [0.25, 0.3) is 0 Å². The molecule has 30 heavy (non-hydrogen) atoms. The summed E-state index contributed by atoms with van der Waals surface area (Å²) >= 11 is 3.22. The number of hydrogen-bond acceptors (Lipinski definition) is 6. The molecule has 1 unspecified atom stereocenters. The highest BCUT2D eigenvalue weighted by Crippen LogP contribution is 2.38. The molecule has 1 N–H and O–H groups in total. The number of rotatable bonds is 7. The number of carbonyl (C=O) groups excluding carboxylic acids is 1. The Morgan fingerprint density at radius 3 is 3.00 bits per heavy atom. The maximum Gasteiger partial charge on any atom is 0.234 e. The molecule has 2 heterocycles. The lowest BCUT2D eigenvalue weighted by Gasteiger charge is -2.19. The van der Waals surface area contributed by atoms with E-state index < -0.39 is 0 Å². The number of aryl methyl sites for hydroxylation is 1. The Bertz CT molecular complexity index is 1040. The summed E-state index contributed by atoms with van der Waals surface area (Å²) in [6, 6.07) is 9.66. The number of methoxy groups -OCH3 is 1. The zero-order valence-electron chi connectivity index (χ0n) is 17.5. The van der Waals surface area contributed by atoms with Gasteiger partial charge in [-0.2, -0.15) is 0 Å². The average molecular weight is 443 g/mol. The van der Waals surface area contributed by atoms with Crippen LogP contribution in [0.2, 0.25) is 0 Å². The quantitative estimate of drug-likeness (QED) is 0.533. The molecular weight excluding hydrogens is 416 g/mol. The van der Waals surface area contributed by atoms with Gasteiger partial charge in [-0.1, -0.05) is 37.2 Å². The topological polar surface area (TPSA) is 69.0 Å². The van der Waals surface area contributed by atoms with E-state index in [1.54, 1.807) is 7.11 Å². The molecule has 0 bridgehead atoms. The van der Waals surface area contributed by atoms with E-state index in [2.05, 4.69) is 28.5 Å². The minimum Gasteiger partial charge on any atom is -0.495 e. The smallest absolute Gasteiger partial charge is 0.234 e. The normalized spacial score (nSPS) is 15.6. The molecule has 1 aromatic carbocycles. The van der Waals surface area contributed by atoms with Gasteiger partial charge in [0, 0.05) is 11.9 Å². The van der Waals surface area contributed by atoms with Crippen molar-refractivity contribution in [2.24, 2.45) is 13.0 Å². The minimum atomic E-state index is -0.105. The first kappa shape index (κ1) is 20.9. The van der Waals surface area contributed by atoms with Crippen LogP contribution in [-0.4, -0.2) is 33.5 Å². The van der Waals surface area contributed by atoms with Gasteiger partial charge in [-0.25, -0.2) is 0 Å². The third-order valence-corrected chi connectivity index (χ3v) is 7.78. The Labute approximate surface area is 185 Å². The predicted octanol–water partition coefficient (Wildman–Crippen LogP) is 4.80. The Morgan fingerprint density at radius 2 is 2.20 bits per heavy atom. The van der Waals surface area contributed by atoms with E-state index in [0.29, 0.717) is 11.4 Å². The van der Waals surface area contributed by atoms with E-state index in [-0.39, 0.29) is 11.7 Å². The van der Waals surface area contributed by atoms with Crippen molar-refractivity contribution in [2.75, 3.05) is 18.2 Å². The Balaban J connectivity index is 1.42. The average Bonchev–Trinajstić information content (AvgIpc) is 3.34. The van der Waals surface area contributed by atoms with E-state index in [1.165, 1.54) is 47.9 Å². The van der Waals surface area contributed by atoms with Gasteiger partial charge in [-0.3, -0.25) is 4.79 Å². The Morgan fingerprint density at radius 1 is 1.37 bits per heavy atom. The van der Waals surface area contributed by atoms with Crippen LogP contribution >= 0.6 is 23.1 Å². The lowest BCUT2D eigenvalue weighted by molar-refractivity contribution is -0.113. The molecule has 3 aromatic rings. The second-order valence-corrected chi connectivity index (χ2v) is 9.56. The second-order valence-electron chi connectivity index (χ2n) is 7.48. The lowest BCUT2D eigenvalue weighted by Crippen LogP contribution is -2.15. The minimum absolute atomic E-state index is 0.105. The van der Waals surface area contributed by atoms with Gasteiger partial charge in [-0.15, -0.1) is 21.5 Å². The Hall–Kier alpha value is -2.32. The van der Waals surface area contributed by atoms with Crippen LogP contribution in [-0.2, 0) is 24.7 Å². The number of anilines is 1. The molecule has 8 heteroatoms. The molecule has 4 rings (SSSR count). The maximum atomic E-state index is 12.4. The highest BCUT2D eigenvalue weighted by molar-refractivity contribution is 7.99. The zero-order valence-corrected chi connectivity index (χ0v) is 19.1. The summed E-state index contributed by atoms with van der Waals surface area (Å²) in [5.74, 6) is 2.46. The predicted molar refractivity (Wildman–Crippen MR) is 122 cm³/mol. The fraction of sp³-hybridized carbons (Fsp3) is 0.409. The van der Waals surface area contributed by atoms with Gasteiger partial charge in [0.1, 0.15) is 5.75 Å². The number of para-hydroxylation sites is 2. The van der Waals surface area contributed by atoms with E-state index in [0.717, 1.165) is 21.8 Å². The summed E-state index contributed by atoms with van der Waals surface area (Å²) < 4.78 is 7.26. The highest BCUT2D eigenvalue weighted by Gasteiger charge is 2.22. The molecule has 0 radical (unpaired) electrons. The van der Waals surface area contributed by atoms with Crippen molar-refractivity contribution in [3.05, 3.63) is 40.8 Å². The number of fused-ring (bicyclic) bond motifs is 1. The lowest BCUT2D eigenvalue weighted by atomic mass is 9.87. The number of amides is 1. The molecule has 0 saturated heterocycles. The van der Waals surface area contributed by atoms with Crippen molar-refractivity contribution in [1.82, 2.24) is 14.8 Å². The summed E-state index contributed by atoms with van der Waals surface area (Å²) in [4.78, 5) is 15.0. The number of nitrogens with one attached hydrogen (secondary N) is 1. The third kappa shape index (κ3) is 4.39. The molecule has 0 aliphatic heterocycles. The van der Waals surface area contributed by atoms with Crippen molar-refractivity contribution in [3.8, 4) is 16.5 Å². The number of thiophene rings is 1. The summed E-state index contributed by atoms with van der Waals surface area (Å²) in [6.45, 7) is 2.28. The van der Waals surface area contributed by atoms with Crippen molar-refractivity contribution in [3.63, 3.8) is 0 Å². The fourth-order valence-electron chi connectivity index (χ4n) is 3.78. The van der Waals surface area contributed by atoms with Gasteiger partial charge in [-0.05, 0) is 48.9 Å². The number of nitrogens with zero attached hydrogens (tertiary/aromatic N) is 3.